The molecule has 0 bridgehead atoms. The molecule has 4 heteroatoms. The van der Waals surface area contributed by atoms with E-state index in [1.165, 1.54) is 41.7 Å². The number of furan rings is 2. The third kappa shape index (κ3) is 4.60. The molecule has 4 aromatic heterocycles. The molecule has 0 aliphatic heterocycles. The van der Waals surface area contributed by atoms with Crippen molar-refractivity contribution in [2.45, 2.75) is 0 Å². The zero-order chi connectivity index (χ0) is 36.7. The Hall–Kier alpha value is -7.56. The predicted molar refractivity (Wildman–Crippen MR) is 223 cm³/mol. The van der Waals surface area contributed by atoms with Gasteiger partial charge in [0, 0.05) is 57.5 Å². The second-order valence-corrected chi connectivity index (χ2v) is 14.5. The van der Waals surface area contributed by atoms with Gasteiger partial charge in [0.25, 0.3) is 0 Å². The van der Waals surface area contributed by atoms with E-state index in [2.05, 4.69) is 156 Å². The quantitative estimate of drug-likeness (QED) is 0.183. The Labute approximate surface area is 319 Å². The third-order valence-electron chi connectivity index (χ3n) is 11.4. The van der Waals surface area contributed by atoms with Gasteiger partial charge in [-0.25, -0.2) is 0 Å². The van der Waals surface area contributed by atoms with Crippen molar-refractivity contribution in [3.8, 4) is 33.4 Å². The summed E-state index contributed by atoms with van der Waals surface area (Å²) in [6.45, 7) is 0. The van der Waals surface area contributed by atoms with Crippen LogP contribution in [0.15, 0.2) is 191 Å². The Morgan fingerprint density at radius 3 is 1.21 bits per heavy atom. The van der Waals surface area contributed by atoms with Gasteiger partial charge in [0.15, 0.2) is 0 Å². The lowest BCUT2D eigenvalue weighted by Crippen LogP contribution is -1.91. The minimum absolute atomic E-state index is 0.821. The summed E-state index contributed by atoms with van der Waals surface area (Å²) in [6.07, 6.45) is 7.33. The van der Waals surface area contributed by atoms with Crippen LogP contribution in [0.5, 0.6) is 0 Å². The van der Waals surface area contributed by atoms with E-state index in [9.17, 15) is 0 Å². The number of hydrogen-bond acceptors (Lipinski definition) is 4. The van der Waals surface area contributed by atoms with Crippen molar-refractivity contribution in [3.63, 3.8) is 0 Å². The van der Waals surface area contributed by atoms with Crippen molar-refractivity contribution in [3.05, 3.63) is 224 Å². The lowest BCUT2D eigenvalue weighted by Gasteiger charge is -2.13. The zero-order valence-corrected chi connectivity index (χ0v) is 30.0. The van der Waals surface area contributed by atoms with Crippen LogP contribution in [-0.4, -0.2) is 9.97 Å². The van der Waals surface area contributed by atoms with Gasteiger partial charge in [-0.3, -0.25) is 9.97 Å². The zero-order valence-electron chi connectivity index (χ0n) is 30.0. The SMILES string of the molecule is c1ccc2c(c1)=c1ccccc1=c1ccc(-c3cc(-c4cccc5c4oc4ccncc45)cc(-c4cccc5c4oc4ccncc45)c3)cc1=c1ccccc1=2. The Kier molecular flexibility index (Phi) is 6.60. The maximum absolute atomic E-state index is 6.57. The Morgan fingerprint density at radius 2 is 0.732 bits per heavy atom. The minimum Gasteiger partial charge on any atom is -0.455 e. The van der Waals surface area contributed by atoms with Gasteiger partial charge in [-0.2, -0.15) is 0 Å². The van der Waals surface area contributed by atoms with Crippen LogP contribution in [0.3, 0.4) is 0 Å². The fraction of sp³-hybridized carbons (Fsp3) is 0. The van der Waals surface area contributed by atoms with Gasteiger partial charge in [0.1, 0.15) is 22.3 Å². The first kappa shape index (κ1) is 30.9. The predicted octanol–water partition coefficient (Wildman–Crippen LogP) is 12.7. The Bertz CT molecular complexity index is 3710. The highest BCUT2D eigenvalue weighted by molar-refractivity contribution is 6.11. The van der Waals surface area contributed by atoms with Crippen molar-refractivity contribution >= 4 is 43.9 Å². The van der Waals surface area contributed by atoms with Crippen LogP contribution in [-0.2, 0) is 0 Å². The number of rotatable bonds is 3. The molecule has 0 saturated carbocycles. The highest BCUT2D eigenvalue weighted by Crippen LogP contribution is 2.41. The van der Waals surface area contributed by atoms with Crippen LogP contribution in [0.4, 0.5) is 0 Å². The third-order valence-corrected chi connectivity index (χ3v) is 11.4. The number of fused-ring (bicyclic) bond motifs is 10. The summed E-state index contributed by atoms with van der Waals surface area (Å²) in [5, 5.41) is 13.9. The molecule has 0 atom stereocenters. The summed E-state index contributed by atoms with van der Waals surface area (Å²) in [5.41, 5.74) is 9.68. The molecule has 0 spiro atoms. The molecule has 0 unspecified atom stereocenters. The topological polar surface area (TPSA) is 52.1 Å². The minimum atomic E-state index is 0.821. The van der Waals surface area contributed by atoms with Crippen molar-refractivity contribution in [2.75, 3.05) is 0 Å². The largest absolute Gasteiger partial charge is 0.455 e. The van der Waals surface area contributed by atoms with Gasteiger partial charge in [-0.05, 0) is 100 Å². The molecule has 7 aromatic carbocycles. The van der Waals surface area contributed by atoms with E-state index in [1.807, 2.05) is 24.5 Å². The number of nitrogens with zero attached hydrogens (tertiary/aromatic N) is 2. The summed E-state index contributed by atoms with van der Waals surface area (Å²) >= 11 is 0. The molecule has 0 saturated heterocycles. The summed E-state index contributed by atoms with van der Waals surface area (Å²) in [6, 6.07) is 56.8. The highest BCUT2D eigenvalue weighted by atomic mass is 16.3. The molecule has 56 heavy (non-hydrogen) atoms. The van der Waals surface area contributed by atoms with Crippen LogP contribution in [0.25, 0.3) is 77.3 Å². The number of hydrogen-bond donors (Lipinski definition) is 0. The first-order valence-corrected chi connectivity index (χ1v) is 18.9. The normalized spacial score (nSPS) is 11.9. The average molecular weight is 715 g/mol. The van der Waals surface area contributed by atoms with Gasteiger partial charge < -0.3 is 8.83 Å². The van der Waals surface area contributed by atoms with Crippen LogP contribution in [0.1, 0.15) is 0 Å². The van der Waals surface area contributed by atoms with E-state index in [4.69, 9.17) is 8.83 Å². The molecular weight excluding hydrogens is 685 g/mol. The molecular formula is C52H30N2O2. The van der Waals surface area contributed by atoms with Crippen molar-refractivity contribution < 1.29 is 8.83 Å². The fourth-order valence-corrected chi connectivity index (χ4v) is 8.88. The molecule has 12 rings (SSSR count). The average Bonchev–Trinajstić information content (AvgIpc) is 3.84. The van der Waals surface area contributed by atoms with Crippen LogP contribution in [0, 0.1) is 41.7 Å². The van der Waals surface area contributed by atoms with Crippen molar-refractivity contribution in [1.82, 2.24) is 9.97 Å². The van der Waals surface area contributed by atoms with Crippen molar-refractivity contribution in [2.24, 2.45) is 0 Å². The van der Waals surface area contributed by atoms with Gasteiger partial charge in [0.05, 0.1) is 0 Å². The summed E-state index contributed by atoms with van der Waals surface area (Å²) in [4.78, 5) is 8.82. The fourth-order valence-electron chi connectivity index (χ4n) is 8.88. The van der Waals surface area contributed by atoms with E-state index >= 15 is 0 Å². The molecule has 11 aromatic rings. The van der Waals surface area contributed by atoms with E-state index in [0.717, 1.165) is 77.3 Å². The Balaban J connectivity index is 1.20. The van der Waals surface area contributed by atoms with E-state index in [-0.39, 0.29) is 0 Å². The number of aromatic nitrogens is 2. The van der Waals surface area contributed by atoms with Crippen LogP contribution >= 0.6 is 0 Å². The first-order chi connectivity index (χ1) is 27.8. The maximum atomic E-state index is 6.57. The molecule has 0 radical (unpaired) electrons. The smallest absolute Gasteiger partial charge is 0.143 e. The number of benzene rings is 7. The van der Waals surface area contributed by atoms with Crippen LogP contribution in [0.2, 0.25) is 0 Å². The summed E-state index contributed by atoms with van der Waals surface area (Å²) < 4.78 is 13.1. The molecule has 1 aliphatic carbocycles. The first-order valence-electron chi connectivity index (χ1n) is 18.9. The molecule has 0 N–H and O–H groups in total. The lowest BCUT2D eigenvalue weighted by molar-refractivity contribution is 0.669. The lowest BCUT2D eigenvalue weighted by atomic mass is 9.91. The maximum Gasteiger partial charge on any atom is 0.143 e. The second kappa shape index (κ2) is 12.0. The standard InChI is InChI=1S/C52H30N2O2/c1-2-10-38-37(9-1)39-11-3-4-13-41(39)43-20-19-31(28-46(43)42-14-6-5-12-40(38)42)32-25-33(35-15-7-17-44-47-29-53-23-21-49(47)55-51(35)44)27-34(26-32)36-16-8-18-45-48-30-54-24-22-50(48)56-52(36)45/h1-30H. The van der Waals surface area contributed by atoms with E-state index < -0.39 is 0 Å². The van der Waals surface area contributed by atoms with E-state index in [1.54, 1.807) is 12.4 Å². The van der Waals surface area contributed by atoms with Gasteiger partial charge >= 0.3 is 0 Å². The van der Waals surface area contributed by atoms with Gasteiger partial charge in [-0.1, -0.05) is 121 Å². The summed E-state index contributed by atoms with van der Waals surface area (Å²) in [7, 11) is 0. The molecule has 260 valence electrons. The van der Waals surface area contributed by atoms with Crippen molar-refractivity contribution in [1.29, 1.82) is 0 Å². The number of para-hydroxylation sites is 2. The van der Waals surface area contributed by atoms with Gasteiger partial charge in [-0.15, -0.1) is 0 Å². The highest BCUT2D eigenvalue weighted by Gasteiger charge is 2.18. The summed E-state index contributed by atoms with van der Waals surface area (Å²) in [5.74, 6) is 0. The molecule has 1 aliphatic rings. The molecule has 0 amide bonds. The van der Waals surface area contributed by atoms with Gasteiger partial charge in [0.2, 0.25) is 0 Å². The molecule has 4 nitrogen and oxygen atoms in total. The molecule has 0 fully saturated rings. The number of pyridine rings is 2. The second-order valence-electron chi connectivity index (χ2n) is 14.5. The van der Waals surface area contributed by atoms with E-state index in [0.29, 0.717) is 0 Å². The Morgan fingerprint density at radius 1 is 0.304 bits per heavy atom. The monoisotopic (exact) mass is 714 g/mol. The van der Waals surface area contributed by atoms with Crippen LogP contribution < -0.4 is 0 Å². The molecule has 4 heterocycles.